The third-order valence-corrected chi connectivity index (χ3v) is 5.65. The first-order valence-corrected chi connectivity index (χ1v) is 11.4. The van der Waals surface area contributed by atoms with Crippen LogP contribution in [0.15, 0.2) is 54.6 Å². The van der Waals surface area contributed by atoms with Crippen LogP contribution in [0.25, 0.3) is 0 Å². The monoisotopic (exact) mass is 438 g/mol. The van der Waals surface area contributed by atoms with Crippen LogP contribution in [0, 0.1) is 5.92 Å². The largest absolute Gasteiger partial charge is 0.491 e. The Hall–Kier alpha value is -3.02. The van der Waals surface area contributed by atoms with Gasteiger partial charge in [-0.2, -0.15) is 0 Å². The smallest absolute Gasteiger partial charge is 0.260 e. The highest BCUT2D eigenvalue weighted by atomic mass is 16.5. The molecule has 0 aliphatic carbocycles. The summed E-state index contributed by atoms with van der Waals surface area (Å²) in [5.41, 5.74) is 0.559. The fraction of sp³-hybridized carbons (Fsp3) is 0.462. The first-order valence-electron chi connectivity index (χ1n) is 11.4. The molecule has 6 heteroatoms. The van der Waals surface area contributed by atoms with E-state index in [1.807, 2.05) is 60.5 Å². The fourth-order valence-corrected chi connectivity index (χ4v) is 3.98. The van der Waals surface area contributed by atoms with Gasteiger partial charge in [0.1, 0.15) is 18.1 Å². The summed E-state index contributed by atoms with van der Waals surface area (Å²) in [6.07, 6.45) is 2.45. The fourth-order valence-electron chi connectivity index (χ4n) is 3.98. The van der Waals surface area contributed by atoms with Crippen LogP contribution < -0.4 is 9.47 Å². The van der Waals surface area contributed by atoms with Crippen molar-refractivity contribution in [3.05, 3.63) is 60.2 Å². The van der Waals surface area contributed by atoms with Crippen LogP contribution in [0.4, 0.5) is 0 Å². The van der Waals surface area contributed by atoms with Gasteiger partial charge in [-0.3, -0.25) is 9.59 Å². The zero-order chi connectivity index (χ0) is 22.9. The highest BCUT2D eigenvalue weighted by Gasteiger charge is 2.27. The molecular weight excluding hydrogens is 404 g/mol. The molecule has 1 heterocycles. The van der Waals surface area contributed by atoms with Crippen LogP contribution in [0.2, 0.25) is 0 Å². The number of carbonyl (C=O) groups is 2. The highest BCUT2D eigenvalue weighted by molar-refractivity contribution is 5.96. The first kappa shape index (κ1) is 23.6. The molecule has 0 fully saturated rings. The van der Waals surface area contributed by atoms with E-state index in [0.717, 1.165) is 19.3 Å². The number of rotatable bonds is 5. The molecule has 2 aromatic rings. The molecule has 0 radical (unpaired) electrons. The predicted molar refractivity (Wildman–Crippen MR) is 125 cm³/mol. The number of fused-ring (bicyclic) bond motifs is 1. The van der Waals surface area contributed by atoms with Crippen molar-refractivity contribution in [3.63, 3.8) is 0 Å². The second-order valence-electron chi connectivity index (χ2n) is 8.71. The number of para-hydroxylation sites is 2. The van der Waals surface area contributed by atoms with Crippen LogP contribution in [0.1, 0.15) is 43.5 Å². The Kier molecular flexibility index (Phi) is 8.54. The summed E-state index contributed by atoms with van der Waals surface area (Å²) in [5.74, 6) is 1.56. The molecule has 0 saturated heterocycles. The van der Waals surface area contributed by atoms with Crippen molar-refractivity contribution in [2.75, 3.05) is 33.4 Å². The van der Waals surface area contributed by atoms with Crippen molar-refractivity contribution < 1.29 is 19.1 Å². The van der Waals surface area contributed by atoms with Crippen LogP contribution in [0.3, 0.4) is 0 Å². The number of hydrogen-bond donors (Lipinski definition) is 0. The molecule has 172 valence electrons. The van der Waals surface area contributed by atoms with Gasteiger partial charge in [-0.05, 0) is 49.4 Å². The number of hydrogen-bond acceptors (Lipinski definition) is 4. The molecule has 0 bridgehead atoms. The molecule has 0 saturated carbocycles. The molecule has 3 rings (SSSR count). The molecule has 1 aliphatic heterocycles. The second-order valence-corrected chi connectivity index (χ2v) is 8.71. The molecule has 2 aromatic carbocycles. The van der Waals surface area contributed by atoms with E-state index >= 15 is 0 Å². The molecule has 1 atom stereocenters. The van der Waals surface area contributed by atoms with Crippen molar-refractivity contribution >= 4 is 11.8 Å². The predicted octanol–water partition coefficient (Wildman–Crippen LogP) is 4.25. The Morgan fingerprint density at radius 3 is 2.50 bits per heavy atom. The van der Waals surface area contributed by atoms with Crippen LogP contribution in [-0.4, -0.2) is 61.0 Å². The summed E-state index contributed by atoms with van der Waals surface area (Å²) in [6, 6.07) is 16.6. The van der Waals surface area contributed by atoms with E-state index < -0.39 is 0 Å². The third-order valence-electron chi connectivity index (χ3n) is 5.65. The van der Waals surface area contributed by atoms with E-state index in [2.05, 4.69) is 13.8 Å². The zero-order valence-electron chi connectivity index (χ0n) is 19.3. The third kappa shape index (κ3) is 6.49. The van der Waals surface area contributed by atoms with Gasteiger partial charge in [0.15, 0.2) is 6.61 Å². The first-order chi connectivity index (χ1) is 15.5. The van der Waals surface area contributed by atoms with E-state index in [1.165, 1.54) is 0 Å². The molecule has 0 spiro atoms. The van der Waals surface area contributed by atoms with Gasteiger partial charge in [0.05, 0.1) is 11.6 Å². The minimum atomic E-state index is -0.0952. The second kappa shape index (κ2) is 11.6. The maximum Gasteiger partial charge on any atom is 0.260 e. The molecular formula is C26H34N2O4. The Labute approximate surface area is 191 Å². The van der Waals surface area contributed by atoms with Crippen LogP contribution in [-0.2, 0) is 4.79 Å². The van der Waals surface area contributed by atoms with Gasteiger partial charge >= 0.3 is 0 Å². The number of carbonyl (C=O) groups excluding carboxylic acids is 2. The van der Waals surface area contributed by atoms with Gasteiger partial charge in [-0.1, -0.05) is 44.2 Å². The summed E-state index contributed by atoms with van der Waals surface area (Å²) in [6.45, 7) is 5.86. The average Bonchev–Trinajstić information content (AvgIpc) is 2.80. The maximum absolute atomic E-state index is 13.2. The molecule has 2 amide bonds. The summed E-state index contributed by atoms with van der Waals surface area (Å²) >= 11 is 0. The summed E-state index contributed by atoms with van der Waals surface area (Å²) in [5, 5.41) is 0. The quantitative estimate of drug-likeness (QED) is 0.700. The van der Waals surface area contributed by atoms with Crippen molar-refractivity contribution in [1.29, 1.82) is 0 Å². The van der Waals surface area contributed by atoms with E-state index in [4.69, 9.17) is 9.47 Å². The number of ether oxygens (including phenoxy) is 2. The van der Waals surface area contributed by atoms with E-state index in [9.17, 15) is 9.59 Å². The van der Waals surface area contributed by atoms with E-state index in [0.29, 0.717) is 42.7 Å². The van der Waals surface area contributed by atoms with Gasteiger partial charge in [-0.15, -0.1) is 0 Å². The van der Waals surface area contributed by atoms with Gasteiger partial charge in [0.25, 0.3) is 11.8 Å². The SMILES string of the molecule is CC(C)C[C@H]1COc2ccccc2C(=O)N(C)CCCCN1C(=O)COc1ccccc1. The number of amides is 2. The molecule has 0 N–H and O–H groups in total. The number of nitrogens with zero attached hydrogens (tertiary/aromatic N) is 2. The summed E-state index contributed by atoms with van der Waals surface area (Å²) < 4.78 is 11.9. The van der Waals surface area contributed by atoms with Gasteiger partial charge in [0.2, 0.25) is 0 Å². The Bertz CT molecular complexity index is 884. The summed E-state index contributed by atoms with van der Waals surface area (Å²) in [4.78, 5) is 29.7. The van der Waals surface area contributed by atoms with Crippen molar-refractivity contribution in [2.24, 2.45) is 5.92 Å². The van der Waals surface area contributed by atoms with Crippen molar-refractivity contribution in [3.8, 4) is 11.5 Å². The van der Waals surface area contributed by atoms with Crippen molar-refractivity contribution in [1.82, 2.24) is 9.80 Å². The van der Waals surface area contributed by atoms with Crippen LogP contribution >= 0.6 is 0 Å². The Balaban J connectivity index is 1.81. The Morgan fingerprint density at radius 1 is 1.06 bits per heavy atom. The average molecular weight is 439 g/mol. The molecule has 0 aromatic heterocycles. The number of benzene rings is 2. The lowest BCUT2D eigenvalue weighted by Crippen LogP contribution is -2.47. The minimum absolute atomic E-state index is 0.00636. The van der Waals surface area contributed by atoms with E-state index in [1.54, 1.807) is 11.0 Å². The normalized spacial score (nSPS) is 17.8. The van der Waals surface area contributed by atoms with E-state index in [-0.39, 0.29) is 24.5 Å². The Morgan fingerprint density at radius 2 is 1.75 bits per heavy atom. The summed E-state index contributed by atoms with van der Waals surface area (Å²) in [7, 11) is 1.81. The lowest BCUT2D eigenvalue weighted by molar-refractivity contribution is -0.137. The molecule has 0 unspecified atom stereocenters. The minimum Gasteiger partial charge on any atom is -0.491 e. The lowest BCUT2D eigenvalue weighted by atomic mass is 10.0. The van der Waals surface area contributed by atoms with Crippen LogP contribution in [0.5, 0.6) is 11.5 Å². The molecule has 1 aliphatic rings. The lowest BCUT2D eigenvalue weighted by Gasteiger charge is -2.34. The topological polar surface area (TPSA) is 59.1 Å². The van der Waals surface area contributed by atoms with Gasteiger partial charge in [-0.25, -0.2) is 0 Å². The zero-order valence-corrected chi connectivity index (χ0v) is 19.3. The maximum atomic E-state index is 13.2. The standard InChI is InChI=1S/C26H34N2O4/c1-20(2)17-21-18-32-24-14-8-7-13-23(24)26(30)27(3)15-9-10-16-28(21)25(29)19-31-22-11-5-4-6-12-22/h4-8,11-14,20-21H,9-10,15-19H2,1-3H3/t21-/m0/s1. The van der Waals surface area contributed by atoms with Crippen molar-refractivity contribution in [2.45, 2.75) is 39.2 Å². The van der Waals surface area contributed by atoms with Gasteiger partial charge in [0, 0.05) is 20.1 Å². The molecule has 32 heavy (non-hydrogen) atoms. The van der Waals surface area contributed by atoms with Gasteiger partial charge < -0.3 is 19.3 Å². The highest BCUT2D eigenvalue weighted by Crippen LogP contribution is 2.23. The molecule has 6 nitrogen and oxygen atoms in total.